The van der Waals surface area contributed by atoms with E-state index >= 15 is 0 Å². The number of nitrogens with one attached hydrogen (secondary N) is 1. The van der Waals surface area contributed by atoms with E-state index < -0.39 is 0 Å². The summed E-state index contributed by atoms with van der Waals surface area (Å²) in [5.41, 5.74) is 1.38. The number of hydrogen-bond donors (Lipinski definition) is 1. The Bertz CT molecular complexity index is 371. The van der Waals surface area contributed by atoms with Crippen molar-refractivity contribution in [1.29, 1.82) is 0 Å². The van der Waals surface area contributed by atoms with Crippen molar-refractivity contribution >= 4 is 17.3 Å². The predicted molar refractivity (Wildman–Crippen MR) is 48.9 cm³/mol. The summed E-state index contributed by atoms with van der Waals surface area (Å²) in [7, 11) is 0. The maximum atomic E-state index is 11.5. The van der Waals surface area contributed by atoms with Gasteiger partial charge in [-0.15, -0.1) is 0 Å². The largest absolute Gasteiger partial charge is 0.377 e. The second-order valence-corrected chi connectivity index (χ2v) is 3.04. The Morgan fingerprint density at radius 1 is 1.15 bits per heavy atom. The number of fused-ring (bicyclic) bond motifs is 1. The summed E-state index contributed by atoms with van der Waals surface area (Å²) in [6.45, 7) is 0.253. The monoisotopic (exact) mass is 175 g/mol. The number of ketones is 2. The maximum Gasteiger partial charge on any atom is 0.172 e. The fourth-order valence-electron chi connectivity index (χ4n) is 1.41. The Morgan fingerprint density at radius 3 is 2.77 bits per heavy atom. The molecule has 2 rings (SSSR count). The van der Waals surface area contributed by atoms with Crippen molar-refractivity contribution in [3.63, 3.8) is 0 Å². The van der Waals surface area contributed by atoms with Crippen LogP contribution >= 0.6 is 0 Å². The molecule has 1 N–H and O–H groups in total. The van der Waals surface area contributed by atoms with Gasteiger partial charge in [-0.25, -0.2) is 0 Å². The van der Waals surface area contributed by atoms with Gasteiger partial charge in [-0.2, -0.15) is 0 Å². The topological polar surface area (TPSA) is 46.2 Å². The average Bonchev–Trinajstić information content (AvgIpc) is 2.27. The lowest BCUT2D eigenvalue weighted by atomic mass is 10.1. The number of anilines is 1. The molecule has 0 radical (unpaired) electrons. The van der Waals surface area contributed by atoms with Crippen molar-refractivity contribution in [2.75, 3.05) is 11.9 Å². The van der Waals surface area contributed by atoms with Crippen LogP contribution in [-0.4, -0.2) is 18.1 Å². The molecule has 3 nitrogen and oxygen atoms in total. The van der Waals surface area contributed by atoms with Gasteiger partial charge in [-0.05, 0) is 12.1 Å². The van der Waals surface area contributed by atoms with Gasteiger partial charge in [0.15, 0.2) is 11.6 Å². The van der Waals surface area contributed by atoms with E-state index in [2.05, 4.69) is 5.32 Å². The highest BCUT2D eigenvalue weighted by Gasteiger charge is 2.18. The molecule has 1 aliphatic heterocycles. The van der Waals surface area contributed by atoms with Gasteiger partial charge in [0.2, 0.25) is 0 Å². The third-order valence-corrected chi connectivity index (χ3v) is 2.06. The van der Waals surface area contributed by atoms with E-state index in [0.29, 0.717) is 5.56 Å². The van der Waals surface area contributed by atoms with Crippen LogP contribution in [0.3, 0.4) is 0 Å². The first-order valence-corrected chi connectivity index (χ1v) is 4.15. The highest BCUT2D eigenvalue weighted by atomic mass is 16.1. The molecule has 1 aromatic rings. The molecular formula is C10H9NO2. The van der Waals surface area contributed by atoms with Gasteiger partial charge < -0.3 is 5.32 Å². The van der Waals surface area contributed by atoms with Crippen molar-refractivity contribution in [1.82, 2.24) is 0 Å². The quantitative estimate of drug-likeness (QED) is 0.604. The van der Waals surface area contributed by atoms with Gasteiger partial charge in [0.05, 0.1) is 13.0 Å². The SMILES string of the molecule is O=C1CNc2ccccc2C(=O)C1. The Labute approximate surface area is 75.8 Å². The summed E-state index contributed by atoms with van der Waals surface area (Å²) in [5.74, 6) is -0.146. The summed E-state index contributed by atoms with van der Waals surface area (Å²) in [6, 6.07) is 7.19. The second-order valence-electron chi connectivity index (χ2n) is 3.04. The number of carbonyl (C=O) groups is 2. The molecule has 0 fully saturated rings. The molecule has 1 heterocycles. The molecule has 0 bridgehead atoms. The van der Waals surface area contributed by atoms with E-state index in [1.807, 2.05) is 12.1 Å². The third-order valence-electron chi connectivity index (χ3n) is 2.06. The van der Waals surface area contributed by atoms with Crippen molar-refractivity contribution in [3.8, 4) is 0 Å². The van der Waals surface area contributed by atoms with Crippen LogP contribution in [0.15, 0.2) is 24.3 Å². The van der Waals surface area contributed by atoms with Crippen LogP contribution in [0, 0.1) is 0 Å². The smallest absolute Gasteiger partial charge is 0.172 e. The number of carbonyl (C=O) groups excluding carboxylic acids is 2. The summed E-state index contributed by atoms with van der Waals surface area (Å²) in [5, 5.41) is 2.93. The number of para-hydroxylation sites is 1. The van der Waals surface area contributed by atoms with Crippen LogP contribution in [-0.2, 0) is 4.79 Å². The van der Waals surface area contributed by atoms with Crippen molar-refractivity contribution in [2.24, 2.45) is 0 Å². The molecule has 1 aliphatic rings. The molecule has 0 spiro atoms. The summed E-state index contributed by atoms with van der Waals surface area (Å²) in [4.78, 5) is 22.5. The Morgan fingerprint density at radius 2 is 1.92 bits per heavy atom. The van der Waals surface area contributed by atoms with Crippen LogP contribution in [0.4, 0.5) is 5.69 Å². The van der Waals surface area contributed by atoms with Gasteiger partial charge in [0, 0.05) is 11.3 Å². The zero-order chi connectivity index (χ0) is 9.26. The van der Waals surface area contributed by atoms with Crippen molar-refractivity contribution < 1.29 is 9.59 Å². The standard InChI is InChI=1S/C10H9NO2/c12-7-5-10(13)8-3-1-2-4-9(8)11-6-7/h1-4,11H,5-6H2. The summed E-state index contributed by atoms with van der Waals surface area (Å²) >= 11 is 0. The normalized spacial score (nSPS) is 16.0. The third kappa shape index (κ3) is 1.45. The van der Waals surface area contributed by atoms with Crippen molar-refractivity contribution in [3.05, 3.63) is 29.8 Å². The molecule has 0 amide bonds. The van der Waals surface area contributed by atoms with Crippen LogP contribution in [0.1, 0.15) is 16.8 Å². The highest BCUT2D eigenvalue weighted by Crippen LogP contribution is 2.19. The van der Waals surface area contributed by atoms with Crippen LogP contribution in [0.2, 0.25) is 0 Å². The highest BCUT2D eigenvalue weighted by molar-refractivity contribution is 6.13. The van der Waals surface area contributed by atoms with E-state index in [-0.39, 0.29) is 24.5 Å². The molecule has 66 valence electrons. The molecule has 0 saturated carbocycles. The lowest BCUT2D eigenvalue weighted by molar-refractivity contribution is -0.116. The average molecular weight is 175 g/mol. The molecule has 13 heavy (non-hydrogen) atoms. The summed E-state index contributed by atoms with van der Waals surface area (Å²) < 4.78 is 0. The zero-order valence-electron chi connectivity index (χ0n) is 7.04. The van der Waals surface area contributed by atoms with Gasteiger partial charge >= 0.3 is 0 Å². The van der Waals surface area contributed by atoms with E-state index in [4.69, 9.17) is 0 Å². The minimum Gasteiger partial charge on any atom is -0.377 e. The molecule has 0 aromatic heterocycles. The minimum atomic E-state index is -0.0920. The first kappa shape index (κ1) is 7.98. The summed E-state index contributed by atoms with van der Waals surface area (Å²) in [6.07, 6.45) is 0.0179. The Hall–Kier alpha value is -1.64. The molecule has 0 atom stereocenters. The fourth-order valence-corrected chi connectivity index (χ4v) is 1.41. The molecule has 0 unspecified atom stereocenters. The molecule has 0 saturated heterocycles. The molecule has 3 heteroatoms. The van der Waals surface area contributed by atoms with Crippen LogP contribution < -0.4 is 5.32 Å². The molecular weight excluding hydrogens is 166 g/mol. The van der Waals surface area contributed by atoms with E-state index in [1.165, 1.54) is 0 Å². The number of rotatable bonds is 0. The molecule has 1 aromatic carbocycles. The van der Waals surface area contributed by atoms with Crippen LogP contribution in [0.25, 0.3) is 0 Å². The van der Waals surface area contributed by atoms with Gasteiger partial charge in [0.1, 0.15) is 0 Å². The van der Waals surface area contributed by atoms with E-state index in [9.17, 15) is 9.59 Å². The van der Waals surface area contributed by atoms with E-state index in [0.717, 1.165) is 5.69 Å². The first-order chi connectivity index (χ1) is 6.27. The predicted octanol–water partition coefficient (Wildman–Crippen LogP) is 1.25. The number of benzene rings is 1. The number of hydrogen-bond acceptors (Lipinski definition) is 3. The fraction of sp³-hybridized carbons (Fsp3) is 0.200. The van der Waals surface area contributed by atoms with Gasteiger partial charge in [-0.3, -0.25) is 9.59 Å². The Kier molecular flexibility index (Phi) is 1.85. The van der Waals surface area contributed by atoms with Crippen LogP contribution in [0.5, 0.6) is 0 Å². The molecule has 0 aliphatic carbocycles. The van der Waals surface area contributed by atoms with Gasteiger partial charge in [-0.1, -0.05) is 12.1 Å². The van der Waals surface area contributed by atoms with E-state index in [1.54, 1.807) is 12.1 Å². The minimum absolute atomic E-state index is 0.0179. The zero-order valence-corrected chi connectivity index (χ0v) is 7.04. The van der Waals surface area contributed by atoms with Crippen molar-refractivity contribution in [2.45, 2.75) is 6.42 Å². The number of Topliss-reactive ketones (excluding diaryl/α,β-unsaturated/α-hetero) is 2. The maximum absolute atomic E-state index is 11.5. The lowest BCUT2D eigenvalue weighted by Gasteiger charge is -2.03. The first-order valence-electron chi connectivity index (χ1n) is 4.15. The second kappa shape index (κ2) is 3.01. The lowest BCUT2D eigenvalue weighted by Crippen LogP contribution is -2.11. The Balaban J connectivity index is 2.46. The van der Waals surface area contributed by atoms with Gasteiger partial charge in [0.25, 0.3) is 0 Å².